The molecule has 1 aromatic rings. The molecule has 1 aromatic heterocycles. The van der Waals surface area contributed by atoms with Crippen molar-refractivity contribution >= 4 is 11.9 Å². The van der Waals surface area contributed by atoms with E-state index in [4.69, 9.17) is 0 Å². The molecule has 0 amide bonds. The number of anilines is 1. The summed E-state index contributed by atoms with van der Waals surface area (Å²) in [6, 6.07) is 0. The number of aromatic nitrogens is 2. The van der Waals surface area contributed by atoms with Crippen LogP contribution in [0.1, 0.15) is 17.4 Å². The Kier molecular flexibility index (Phi) is 3.54. The number of esters is 1. The van der Waals surface area contributed by atoms with E-state index in [9.17, 15) is 9.18 Å². The molecule has 1 rings (SSSR count). The number of rotatable bonds is 3. The van der Waals surface area contributed by atoms with Crippen molar-refractivity contribution in [1.82, 2.24) is 9.97 Å². The van der Waals surface area contributed by atoms with Crippen molar-refractivity contribution in [2.45, 2.75) is 6.92 Å². The number of carbonyl (C=O) groups is 1. The van der Waals surface area contributed by atoms with Crippen LogP contribution in [0.3, 0.4) is 0 Å². The van der Waals surface area contributed by atoms with Crippen LogP contribution in [0, 0.1) is 5.82 Å². The van der Waals surface area contributed by atoms with Crippen molar-refractivity contribution in [1.29, 1.82) is 0 Å². The highest BCUT2D eigenvalue weighted by Crippen LogP contribution is 2.09. The third-order valence-electron chi connectivity index (χ3n) is 1.60. The molecule has 82 valence electrons. The Balaban J connectivity index is 3.05. The summed E-state index contributed by atoms with van der Waals surface area (Å²) in [6.45, 7) is 1.82. The van der Waals surface area contributed by atoms with Gasteiger partial charge >= 0.3 is 5.97 Å². The Morgan fingerprint density at radius 3 is 2.80 bits per heavy atom. The summed E-state index contributed by atoms with van der Waals surface area (Å²) < 4.78 is 17.8. The normalized spacial score (nSPS) is 9.87. The van der Waals surface area contributed by atoms with Crippen LogP contribution in [0.15, 0.2) is 6.20 Å². The molecule has 0 aliphatic carbocycles. The molecule has 0 aliphatic heterocycles. The van der Waals surface area contributed by atoms with E-state index in [2.05, 4.69) is 14.7 Å². The topological polar surface area (TPSA) is 55.3 Å². The smallest absolute Gasteiger partial charge is 0.360 e. The maximum Gasteiger partial charge on any atom is 0.360 e. The minimum Gasteiger partial charge on any atom is -0.461 e. The van der Waals surface area contributed by atoms with Crippen LogP contribution in [-0.2, 0) is 4.74 Å². The van der Waals surface area contributed by atoms with Crippen LogP contribution in [0.4, 0.5) is 10.3 Å². The first-order chi connectivity index (χ1) is 7.06. The highest BCUT2D eigenvalue weighted by atomic mass is 19.1. The van der Waals surface area contributed by atoms with Gasteiger partial charge in [-0.3, -0.25) is 0 Å². The first-order valence-electron chi connectivity index (χ1n) is 4.43. The van der Waals surface area contributed by atoms with Gasteiger partial charge in [-0.25, -0.2) is 19.2 Å². The number of halogens is 1. The maximum atomic E-state index is 13.2. The second kappa shape index (κ2) is 4.68. The van der Waals surface area contributed by atoms with E-state index in [1.807, 2.05) is 0 Å². The summed E-state index contributed by atoms with van der Waals surface area (Å²) in [5.41, 5.74) is -0.337. The molecule has 0 unspecified atom stereocenters. The third-order valence-corrected chi connectivity index (χ3v) is 1.60. The van der Waals surface area contributed by atoms with Gasteiger partial charge in [0.2, 0.25) is 5.95 Å². The van der Waals surface area contributed by atoms with Crippen molar-refractivity contribution in [2.75, 3.05) is 25.6 Å². The number of ether oxygens (including phenoxy) is 1. The lowest BCUT2D eigenvalue weighted by Gasteiger charge is -2.10. The summed E-state index contributed by atoms with van der Waals surface area (Å²) in [4.78, 5) is 20.3. The Labute approximate surface area is 86.9 Å². The van der Waals surface area contributed by atoms with Gasteiger partial charge in [-0.2, -0.15) is 0 Å². The molecule has 0 aromatic carbocycles. The predicted molar refractivity (Wildman–Crippen MR) is 52.3 cm³/mol. The third kappa shape index (κ3) is 2.61. The second-order valence-corrected chi connectivity index (χ2v) is 2.98. The molecule has 0 radical (unpaired) electrons. The van der Waals surface area contributed by atoms with Crippen molar-refractivity contribution in [3.05, 3.63) is 17.7 Å². The average Bonchev–Trinajstić information content (AvgIpc) is 2.18. The Bertz CT molecular complexity index is 368. The molecule has 0 aliphatic rings. The highest BCUT2D eigenvalue weighted by molar-refractivity contribution is 5.87. The van der Waals surface area contributed by atoms with E-state index in [1.54, 1.807) is 25.9 Å². The first kappa shape index (κ1) is 11.4. The zero-order chi connectivity index (χ0) is 11.4. The molecule has 1 heterocycles. The summed E-state index contributed by atoms with van der Waals surface area (Å²) in [6.07, 6.45) is 0.953. The first-order valence-corrected chi connectivity index (χ1v) is 4.43. The molecular weight excluding hydrogens is 201 g/mol. The number of carbonyl (C=O) groups excluding carboxylic acids is 1. The van der Waals surface area contributed by atoms with E-state index in [0.29, 0.717) is 0 Å². The van der Waals surface area contributed by atoms with Gasteiger partial charge in [-0.15, -0.1) is 0 Å². The lowest BCUT2D eigenvalue weighted by molar-refractivity contribution is 0.0513. The fourth-order valence-corrected chi connectivity index (χ4v) is 0.916. The molecular formula is C9H12FN3O2. The average molecular weight is 213 g/mol. The lowest BCUT2D eigenvalue weighted by Crippen LogP contribution is -2.17. The zero-order valence-electron chi connectivity index (χ0n) is 8.82. The molecule has 5 nitrogen and oxygen atoms in total. The quantitative estimate of drug-likeness (QED) is 0.697. The van der Waals surface area contributed by atoms with Crippen molar-refractivity contribution in [3.8, 4) is 0 Å². The van der Waals surface area contributed by atoms with Crippen LogP contribution >= 0.6 is 0 Å². The molecule has 0 spiro atoms. The van der Waals surface area contributed by atoms with E-state index < -0.39 is 11.8 Å². The van der Waals surface area contributed by atoms with Gasteiger partial charge in [-0.05, 0) is 6.92 Å². The number of nitrogens with zero attached hydrogens (tertiary/aromatic N) is 3. The summed E-state index contributed by atoms with van der Waals surface area (Å²) in [5.74, 6) is -1.29. The molecule has 0 saturated heterocycles. The van der Waals surface area contributed by atoms with E-state index in [0.717, 1.165) is 6.20 Å². The van der Waals surface area contributed by atoms with Crippen LogP contribution in [0.25, 0.3) is 0 Å². The number of hydrogen-bond acceptors (Lipinski definition) is 5. The predicted octanol–water partition coefficient (Wildman–Crippen LogP) is 0.858. The van der Waals surface area contributed by atoms with Gasteiger partial charge in [-0.1, -0.05) is 0 Å². The maximum absolute atomic E-state index is 13.2. The largest absolute Gasteiger partial charge is 0.461 e. The van der Waals surface area contributed by atoms with E-state index >= 15 is 0 Å². The monoisotopic (exact) mass is 213 g/mol. The Hall–Kier alpha value is -1.72. The fourth-order valence-electron chi connectivity index (χ4n) is 0.916. The lowest BCUT2D eigenvalue weighted by atomic mass is 10.4. The van der Waals surface area contributed by atoms with Crippen LogP contribution < -0.4 is 4.90 Å². The number of hydrogen-bond donors (Lipinski definition) is 0. The van der Waals surface area contributed by atoms with Crippen molar-refractivity contribution in [3.63, 3.8) is 0 Å². The molecule has 15 heavy (non-hydrogen) atoms. The summed E-state index contributed by atoms with van der Waals surface area (Å²) in [7, 11) is 3.39. The Morgan fingerprint density at radius 1 is 1.60 bits per heavy atom. The van der Waals surface area contributed by atoms with Crippen LogP contribution in [0.5, 0.6) is 0 Å². The van der Waals surface area contributed by atoms with Crippen LogP contribution in [0.2, 0.25) is 0 Å². The van der Waals surface area contributed by atoms with Crippen LogP contribution in [-0.4, -0.2) is 36.6 Å². The molecule has 0 bridgehead atoms. The Morgan fingerprint density at radius 2 is 2.27 bits per heavy atom. The van der Waals surface area contributed by atoms with Gasteiger partial charge < -0.3 is 9.64 Å². The standard InChI is InChI=1S/C9H12FN3O2/c1-4-15-8(14)7-6(10)5-11-9(12-7)13(2)3/h5H,4H2,1-3H3. The fraction of sp³-hybridized carbons (Fsp3) is 0.444. The SMILES string of the molecule is CCOC(=O)c1nc(N(C)C)ncc1F. The minimum atomic E-state index is -0.779. The van der Waals surface area contributed by atoms with Gasteiger partial charge in [0.05, 0.1) is 12.8 Å². The molecule has 0 atom stereocenters. The molecule has 0 fully saturated rings. The van der Waals surface area contributed by atoms with Gasteiger partial charge in [0.1, 0.15) is 0 Å². The zero-order valence-corrected chi connectivity index (χ0v) is 8.82. The summed E-state index contributed by atoms with van der Waals surface area (Å²) in [5, 5.41) is 0. The van der Waals surface area contributed by atoms with Gasteiger partial charge in [0.15, 0.2) is 11.5 Å². The van der Waals surface area contributed by atoms with E-state index in [-0.39, 0.29) is 18.2 Å². The highest BCUT2D eigenvalue weighted by Gasteiger charge is 2.16. The van der Waals surface area contributed by atoms with Gasteiger partial charge in [0.25, 0.3) is 0 Å². The molecule has 0 saturated carbocycles. The summed E-state index contributed by atoms with van der Waals surface area (Å²) >= 11 is 0. The van der Waals surface area contributed by atoms with Crippen molar-refractivity contribution < 1.29 is 13.9 Å². The minimum absolute atomic E-state index is 0.180. The van der Waals surface area contributed by atoms with Gasteiger partial charge in [0, 0.05) is 14.1 Å². The molecule has 0 N–H and O–H groups in total. The van der Waals surface area contributed by atoms with E-state index in [1.165, 1.54) is 0 Å². The second-order valence-electron chi connectivity index (χ2n) is 2.98. The van der Waals surface area contributed by atoms with Crippen molar-refractivity contribution in [2.24, 2.45) is 0 Å². The molecule has 6 heteroatoms.